The summed E-state index contributed by atoms with van der Waals surface area (Å²) in [4.78, 5) is 4.05. The highest BCUT2D eigenvalue weighted by Gasteiger charge is 2.03. The minimum atomic E-state index is 0.267. The largest absolute Gasteiger partial charge is 0.508 e. The van der Waals surface area contributed by atoms with E-state index in [1.807, 2.05) is 31.3 Å². The summed E-state index contributed by atoms with van der Waals surface area (Å²) in [5.74, 6) is 0.998. The number of phenolic OH excluding ortho intramolecular Hbond substituents is 1. The van der Waals surface area contributed by atoms with Gasteiger partial charge in [0.2, 0.25) is 0 Å². The van der Waals surface area contributed by atoms with Crippen LogP contribution in [0.25, 0.3) is 0 Å². The molecule has 0 unspecified atom stereocenters. The first-order valence-electron chi connectivity index (χ1n) is 5.57. The van der Waals surface area contributed by atoms with Crippen LogP contribution in [0.3, 0.4) is 0 Å². The molecule has 1 heterocycles. The van der Waals surface area contributed by atoms with Crippen LogP contribution in [-0.4, -0.2) is 16.7 Å². The summed E-state index contributed by atoms with van der Waals surface area (Å²) in [7, 11) is 0. The highest BCUT2D eigenvalue weighted by atomic mass is 16.5. The second-order valence-electron chi connectivity index (χ2n) is 3.86. The molecular formula is C14H15NO2. The lowest BCUT2D eigenvalue weighted by molar-refractivity contribution is 0.317. The van der Waals surface area contributed by atoms with Gasteiger partial charge in [0, 0.05) is 24.4 Å². The number of phenols is 1. The molecule has 2 rings (SSSR count). The van der Waals surface area contributed by atoms with Crippen molar-refractivity contribution in [2.45, 2.75) is 13.3 Å². The van der Waals surface area contributed by atoms with Gasteiger partial charge in [-0.3, -0.25) is 4.98 Å². The quantitative estimate of drug-likeness (QED) is 0.876. The van der Waals surface area contributed by atoms with E-state index in [0.29, 0.717) is 6.61 Å². The van der Waals surface area contributed by atoms with Gasteiger partial charge in [-0.25, -0.2) is 0 Å². The van der Waals surface area contributed by atoms with Crippen molar-refractivity contribution in [3.63, 3.8) is 0 Å². The molecule has 17 heavy (non-hydrogen) atoms. The van der Waals surface area contributed by atoms with Crippen molar-refractivity contribution >= 4 is 0 Å². The smallest absolute Gasteiger partial charge is 0.125 e. The summed E-state index contributed by atoms with van der Waals surface area (Å²) >= 11 is 0. The number of aromatic hydroxyl groups is 1. The second kappa shape index (κ2) is 5.34. The van der Waals surface area contributed by atoms with E-state index >= 15 is 0 Å². The van der Waals surface area contributed by atoms with E-state index in [1.165, 1.54) is 0 Å². The van der Waals surface area contributed by atoms with Gasteiger partial charge in [0.25, 0.3) is 0 Å². The van der Waals surface area contributed by atoms with Crippen molar-refractivity contribution in [3.05, 3.63) is 53.9 Å². The van der Waals surface area contributed by atoms with E-state index < -0.39 is 0 Å². The van der Waals surface area contributed by atoms with Crippen LogP contribution in [0, 0.1) is 6.92 Å². The minimum absolute atomic E-state index is 0.267. The fraction of sp³-hybridized carbons (Fsp3) is 0.214. The summed E-state index contributed by atoms with van der Waals surface area (Å²) in [5, 5.41) is 9.53. The molecule has 0 spiro atoms. The van der Waals surface area contributed by atoms with Crippen molar-refractivity contribution in [1.29, 1.82) is 0 Å². The number of benzene rings is 1. The molecule has 1 aromatic carbocycles. The van der Waals surface area contributed by atoms with E-state index in [2.05, 4.69) is 4.98 Å². The molecule has 0 aliphatic rings. The molecule has 1 N–H and O–H groups in total. The monoisotopic (exact) mass is 229 g/mol. The summed E-state index contributed by atoms with van der Waals surface area (Å²) in [6, 6.07) is 9.23. The molecule has 0 fully saturated rings. The maximum absolute atomic E-state index is 9.53. The van der Waals surface area contributed by atoms with Crippen molar-refractivity contribution in [2.75, 3.05) is 6.61 Å². The van der Waals surface area contributed by atoms with Gasteiger partial charge in [-0.05, 0) is 30.7 Å². The van der Waals surface area contributed by atoms with Crippen molar-refractivity contribution in [3.8, 4) is 11.5 Å². The molecule has 0 aliphatic carbocycles. The van der Waals surface area contributed by atoms with Gasteiger partial charge in [-0.2, -0.15) is 0 Å². The Balaban J connectivity index is 1.93. The highest BCUT2D eigenvalue weighted by Crippen LogP contribution is 2.25. The first-order valence-corrected chi connectivity index (χ1v) is 5.57. The lowest BCUT2D eigenvalue weighted by Crippen LogP contribution is -2.02. The minimum Gasteiger partial charge on any atom is -0.508 e. The lowest BCUT2D eigenvalue weighted by atomic mass is 10.2. The Kier molecular flexibility index (Phi) is 3.60. The average Bonchev–Trinajstić information content (AvgIpc) is 2.36. The van der Waals surface area contributed by atoms with Gasteiger partial charge in [0.15, 0.2) is 0 Å². The van der Waals surface area contributed by atoms with Gasteiger partial charge in [0.1, 0.15) is 11.5 Å². The number of ether oxygens (including phenoxy) is 1. The van der Waals surface area contributed by atoms with Gasteiger partial charge in [-0.15, -0.1) is 0 Å². The Bertz CT molecular complexity index is 483. The Morgan fingerprint density at radius 3 is 2.88 bits per heavy atom. The summed E-state index contributed by atoms with van der Waals surface area (Å²) in [6.45, 7) is 2.42. The molecule has 88 valence electrons. The molecule has 0 radical (unpaired) electrons. The van der Waals surface area contributed by atoms with Gasteiger partial charge in [-0.1, -0.05) is 12.1 Å². The maximum atomic E-state index is 9.53. The molecule has 0 aliphatic heterocycles. The van der Waals surface area contributed by atoms with Crippen molar-refractivity contribution in [1.82, 2.24) is 4.98 Å². The molecule has 3 nitrogen and oxygen atoms in total. The standard InChI is InChI=1S/C14H15NO2/c1-11-13(16)5-2-6-14(11)17-9-7-12-4-3-8-15-10-12/h2-6,8,10,16H,7,9H2,1H3. The Morgan fingerprint density at radius 2 is 2.12 bits per heavy atom. The predicted molar refractivity (Wildman–Crippen MR) is 66.3 cm³/mol. The molecule has 0 saturated heterocycles. The molecule has 1 aromatic heterocycles. The van der Waals surface area contributed by atoms with Crippen LogP contribution in [0.15, 0.2) is 42.7 Å². The van der Waals surface area contributed by atoms with E-state index in [0.717, 1.165) is 23.3 Å². The third-order valence-corrected chi connectivity index (χ3v) is 2.63. The molecule has 0 atom stereocenters. The van der Waals surface area contributed by atoms with E-state index in [9.17, 15) is 5.11 Å². The fourth-order valence-corrected chi connectivity index (χ4v) is 1.58. The number of hydrogen-bond acceptors (Lipinski definition) is 3. The van der Waals surface area contributed by atoms with E-state index in [1.54, 1.807) is 18.3 Å². The molecule has 0 saturated carbocycles. The molecule has 0 amide bonds. The third-order valence-electron chi connectivity index (χ3n) is 2.63. The summed E-state index contributed by atoms with van der Waals surface area (Å²) < 4.78 is 5.63. The molecule has 0 bridgehead atoms. The van der Waals surface area contributed by atoms with Crippen LogP contribution >= 0.6 is 0 Å². The molecular weight excluding hydrogens is 214 g/mol. The predicted octanol–water partition coefficient (Wildman–Crippen LogP) is 2.72. The van der Waals surface area contributed by atoms with Gasteiger partial charge >= 0.3 is 0 Å². The molecule has 2 aromatic rings. The summed E-state index contributed by atoms with van der Waals surface area (Å²) in [5.41, 5.74) is 1.92. The van der Waals surface area contributed by atoms with Crippen LogP contribution in [-0.2, 0) is 6.42 Å². The van der Waals surface area contributed by atoms with Crippen LogP contribution in [0.1, 0.15) is 11.1 Å². The van der Waals surface area contributed by atoms with Crippen LogP contribution in [0.5, 0.6) is 11.5 Å². The topological polar surface area (TPSA) is 42.4 Å². The number of rotatable bonds is 4. The Hall–Kier alpha value is -2.03. The van der Waals surface area contributed by atoms with Gasteiger partial charge in [0.05, 0.1) is 6.61 Å². The molecule has 3 heteroatoms. The number of hydrogen-bond donors (Lipinski definition) is 1. The second-order valence-corrected chi connectivity index (χ2v) is 3.86. The van der Waals surface area contributed by atoms with Crippen LogP contribution in [0.4, 0.5) is 0 Å². The normalized spacial score (nSPS) is 10.2. The van der Waals surface area contributed by atoms with Crippen LogP contribution in [0.2, 0.25) is 0 Å². The zero-order valence-electron chi connectivity index (χ0n) is 9.76. The number of aromatic nitrogens is 1. The summed E-state index contributed by atoms with van der Waals surface area (Å²) in [6.07, 6.45) is 4.39. The van der Waals surface area contributed by atoms with E-state index in [-0.39, 0.29) is 5.75 Å². The number of pyridine rings is 1. The highest BCUT2D eigenvalue weighted by molar-refractivity contribution is 5.42. The zero-order valence-corrected chi connectivity index (χ0v) is 9.76. The Labute approximate surface area is 101 Å². The SMILES string of the molecule is Cc1c(O)cccc1OCCc1cccnc1. The number of nitrogens with zero attached hydrogens (tertiary/aromatic N) is 1. The van der Waals surface area contributed by atoms with Crippen molar-refractivity contribution < 1.29 is 9.84 Å². The first-order chi connectivity index (χ1) is 8.27. The van der Waals surface area contributed by atoms with Crippen LogP contribution < -0.4 is 4.74 Å². The first kappa shape index (κ1) is 11.5. The fourth-order valence-electron chi connectivity index (χ4n) is 1.58. The zero-order chi connectivity index (χ0) is 12.1. The lowest BCUT2D eigenvalue weighted by Gasteiger charge is -2.09. The van der Waals surface area contributed by atoms with Crippen molar-refractivity contribution in [2.24, 2.45) is 0 Å². The van der Waals surface area contributed by atoms with Gasteiger partial charge < -0.3 is 9.84 Å². The van der Waals surface area contributed by atoms with E-state index in [4.69, 9.17) is 4.74 Å². The third kappa shape index (κ3) is 2.97. The average molecular weight is 229 g/mol. The Morgan fingerprint density at radius 1 is 1.24 bits per heavy atom. The maximum Gasteiger partial charge on any atom is 0.125 e.